The summed E-state index contributed by atoms with van der Waals surface area (Å²) in [6.07, 6.45) is 0. The number of carbonyl (C=O) groups excluding carboxylic acids is 1. The molecule has 1 heterocycles. The number of benzene rings is 2. The first-order valence-electron chi connectivity index (χ1n) is 7.56. The Bertz CT molecular complexity index is 667. The maximum absolute atomic E-state index is 12.4. The van der Waals surface area contributed by atoms with Crippen LogP contribution < -0.4 is 10.1 Å². The Morgan fingerprint density at radius 1 is 1.13 bits per heavy atom. The van der Waals surface area contributed by atoms with Gasteiger partial charge in [0.2, 0.25) is 5.91 Å². The molecule has 2 aromatic rings. The minimum absolute atomic E-state index is 0.0150. The second-order valence-electron chi connectivity index (χ2n) is 5.33. The standard InChI is InChI=1S/C18H19NO2S2/c1-13-6-8-14(9-7-13)21-16-5-3-2-4-15(16)19-18(20)17-12-22-10-11-23-17/h2-9,17H,10-12H2,1H3,(H,19,20). The average molecular weight is 345 g/mol. The number of thioether (sulfide) groups is 2. The van der Waals surface area contributed by atoms with E-state index in [1.54, 1.807) is 11.8 Å². The van der Waals surface area contributed by atoms with Crippen LogP contribution in [-0.2, 0) is 4.79 Å². The van der Waals surface area contributed by atoms with Crippen LogP contribution >= 0.6 is 23.5 Å². The molecule has 1 atom stereocenters. The van der Waals surface area contributed by atoms with E-state index >= 15 is 0 Å². The maximum atomic E-state index is 12.4. The van der Waals surface area contributed by atoms with Gasteiger partial charge in [-0.25, -0.2) is 0 Å². The molecule has 1 unspecified atom stereocenters. The van der Waals surface area contributed by atoms with Gasteiger partial charge >= 0.3 is 0 Å². The van der Waals surface area contributed by atoms with Crippen molar-refractivity contribution in [1.82, 2.24) is 0 Å². The van der Waals surface area contributed by atoms with E-state index < -0.39 is 0 Å². The van der Waals surface area contributed by atoms with Crippen molar-refractivity contribution in [1.29, 1.82) is 0 Å². The Kier molecular flexibility index (Phi) is 5.51. The number of anilines is 1. The van der Waals surface area contributed by atoms with Crippen molar-refractivity contribution in [3.05, 3.63) is 54.1 Å². The third-order valence-corrected chi connectivity index (χ3v) is 6.26. The molecule has 1 saturated heterocycles. The molecule has 2 aromatic carbocycles. The summed E-state index contributed by atoms with van der Waals surface area (Å²) in [6, 6.07) is 15.4. The van der Waals surface area contributed by atoms with Gasteiger partial charge in [0.25, 0.3) is 0 Å². The van der Waals surface area contributed by atoms with Gasteiger partial charge in [-0.3, -0.25) is 4.79 Å². The van der Waals surface area contributed by atoms with Crippen molar-refractivity contribution in [2.75, 3.05) is 22.6 Å². The zero-order valence-corrected chi connectivity index (χ0v) is 14.6. The highest BCUT2D eigenvalue weighted by Gasteiger charge is 2.23. The van der Waals surface area contributed by atoms with Crippen molar-refractivity contribution < 1.29 is 9.53 Å². The number of carbonyl (C=O) groups is 1. The molecule has 0 bridgehead atoms. The van der Waals surface area contributed by atoms with Gasteiger partial charge in [-0.15, -0.1) is 11.8 Å². The first-order valence-corrected chi connectivity index (χ1v) is 9.76. The van der Waals surface area contributed by atoms with E-state index in [1.165, 1.54) is 5.56 Å². The zero-order chi connectivity index (χ0) is 16.1. The normalized spacial score (nSPS) is 17.5. The minimum atomic E-state index is 0.0150. The van der Waals surface area contributed by atoms with Crippen LogP contribution in [-0.4, -0.2) is 28.4 Å². The highest BCUT2D eigenvalue weighted by atomic mass is 32.2. The van der Waals surface area contributed by atoms with Gasteiger partial charge in [0.15, 0.2) is 5.75 Å². The third-order valence-electron chi connectivity index (χ3n) is 3.50. The molecule has 5 heteroatoms. The van der Waals surface area contributed by atoms with Crippen LogP contribution in [0.15, 0.2) is 48.5 Å². The molecule has 1 aliphatic rings. The Hall–Kier alpha value is -1.59. The van der Waals surface area contributed by atoms with Crippen LogP contribution in [0.3, 0.4) is 0 Å². The molecule has 0 aliphatic carbocycles. The summed E-state index contributed by atoms with van der Waals surface area (Å²) < 4.78 is 5.93. The molecule has 0 aromatic heterocycles. The summed E-state index contributed by atoms with van der Waals surface area (Å²) >= 11 is 3.57. The van der Waals surface area contributed by atoms with Crippen LogP contribution in [0.1, 0.15) is 5.56 Å². The van der Waals surface area contributed by atoms with Crippen molar-refractivity contribution in [2.24, 2.45) is 0 Å². The Balaban J connectivity index is 1.72. The molecule has 23 heavy (non-hydrogen) atoms. The van der Waals surface area contributed by atoms with E-state index in [2.05, 4.69) is 5.32 Å². The fraction of sp³-hybridized carbons (Fsp3) is 0.278. The SMILES string of the molecule is Cc1ccc(Oc2ccccc2NC(=O)C2CSCCS2)cc1. The minimum Gasteiger partial charge on any atom is -0.455 e. The van der Waals surface area contributed by atoms with Gasteiger partial charge in [0, 0.05) is 17.3 Å². The number of amides is 1. The smallest absolute Gasteiger partial charge is 0.238 e. The summed E-state index contributed by atoms with van der Waals surface area (Å²) in [5.74, 6) is 4.52. The summed E-state index contributed by atoms with van der Waals surface area (Å²) in [5.41, 5.74) is 1.90. The van der Waals surface area contributed by atoms with Gasteiger partial charge < -0.3 is 10.1 Å². The molecule has 1 amide bonds. The topological polar surface area (TPSA) is 38.3 Å². The lowest BCUT2D eigenvalue weighted by atomic mass is 10.2. The molecular formula is C18H19NO2S2. The highest BCUT2D eigenvalue weighted by molar-refractivity contribution is 8.07. The number of aryl methyl sites for hydroxylation is 1. The predicted octanol–water partition coefficient (Wildman–Crippen LogP) is 4.57. The second kappa shape index (κ2) is 7.79. The lowest BCUT2D eigenvalue weighted by Gasteiger charge is -2.21. The van der Waals surface area contributed by atoms with Crippen LogP contribution in [0.2, 0.25) is 0 Å². The van der Waals surface area contributed by atoms with Crippen LogP contribution in [0.5, 0.6) is 11.5 Å². The fourth-order valence-electron chi connectivity index (χ4n) is 2.24. The molecule has 3 nitrogen and oxygen atoms in total. The molecule has 3 rings (SSSR count). The quantitative estimate of drug-likeness (QED) is 0.880. The molecule has 0 spiro atoms. The first kappa shape index (κ1) is 16.3. The number of ether oxygens (including phenoxy) is 1. The Morgan fingerprint density at radius 3 is 2.65 bits per heavy atom. The van der Waals surface area contributed by atoms with E-state index in [-0.39, 0.29) is 11.2 Å². The van der Waals surface area contributed by atoms with Crippen LogP contribution in [0.4, 0.5) is 5.69 Å². The van der Waals surface area contributed by atoms with Crippen LogP contribution in [0, 0.1) is 6.92 Å². The van der Waals surface area contributed by atoms with Crippen molar-refractivity contribution >= 4 is 35.1 Å². The molecule has 1 aliphatic heterocycles. The van der Waals surface area contributed by atoms with E-state index in [0.717, 1.165) is 23.0 Å². The largest absolute Gasteiger partial charge is 0.455 e. The summed E-state index contributed by atoms with van der Waals surface area (Å²) in [5, 5.41) is 3.03. The molecule has 0 radical (unpaired) electrons. The lowest BCUT2D eigenvalue weighted by molar-refractivity contribution is -0.115. The molecule has 1 fully saturated rings. The van der Waals surface area contributed by atoms with Gasteiger partial charge in [-0.2, -0.15) is 11.8 Å². The van der Waals surface area contributed by atoms with Gasteiger partial charge in [0.05, 0.1) is 10.9 Å². The number of rotatable bonds is 4. The maximum Gasteiger partial charge on any atom is 0.238 e. The zero-order valence-electron chi connectivity index (χ0n) is 13.0. The fourth-order valence-corrected chi connectivity index (χ4v) is 4.80. The molecular weight excluding hydrogens is 326 g/mol. The van der Waals surface area contributed by atoms with Gasteiger partial charge in [-0.05, 0) is 31.2 Å². The van der Waals surface area contributed by atoms with Crippen LogP contribution in [0.25, 0.3) is 0 Å². The van der Waals surface area contributed by atoms with Gasteiger partial charge in [0.1, 0.15) is 5.75 Å². The summed E-state index contributed by atoms with van der Waals surface area (Å²) in [7, 11) is 0. The summed E-state index contributed by atoms with van der Waals surface area (Å²) in [6.45, 7) is 2.04. The number of nitrogens with one attached hydrogen (secondary N) is 1. The van der Waals surface area contributed by atoms with E-state index in [1.807, 2.05) is 67.2 Å². The molecule has 0 saturated carbocycles. The van der Waals surface area contributed by atoms with Gasteiger partial charge in [-0.1, -0.05) is 29.8 Å². The third kappa shape index (κ3) is 4.45. The van der Waals surface area contributed by atoms with E-state index in [4.69, 9.17) is 4.74 Å². The highest BCUT2D eigenvalue weighted by Crippen LogP contribution is 2.31. The summed E-state index contributed by atoms with van der Waals surface area (Å²) in [4.78, 5) is 12.4. The molecule has 1 N–H and O–H groups in total. The number of hydrogen-bond donors (Lipinski definition) is 1. The van der Waals surface area contributed by atoms with Crippen molar-refractivity contribution in [2.45, 2.75) is 12.2 Å². The number of hydrogen-bond acceptors (Lipinski definition) is 4. The van der Waals surface area contributed by atoms with Crippen molar-refractivity contribution in [3.63, 3.8) is 0 Å². The lowest BCUT2D eigenvalue weighted by Crippen LogP contribution is -2.30. The second-order valence-corrected chi connectivity index (χ2v) is 7.80. The number of para-hydroxylation sites is 2. The molecule has 120 valence electrons. The average Bonchev–Trinajstić information content (AvgIpc) is 2.59. The van der Waals surface area contributed by atoms with Crippen molar-refractivity contribution in [3.8, 4) is 11.5 Å². The Morgan fingerprint density at radius 2 is 1.91 bits per heavy atom. The Labute approximate surface area is 145 Å². The first-order chi connectivity index (χ1) is 11.2. The monoisotopic (exact) mass is 345 g/mol. The van der Waals surface area contributed by atoms with E-state index in [9.17, 15) is 4.79 Å². The predicted molar refractivity (Wildman–Crippen MR) is 99.9 cm³/mol. The van der Waals surface area contributed by atoms with E-state index in [0.29, 0.717) is 11.4 Å².